The molecule has 0 bridgehead atoms. The van der Waals surface area contributed by atoms with Crippen LogP contribution in [-0.2, 0) is 4.79 Å². The van der Waals surface area contributed by atoms with Crippen LogP contribution in [0.1, 0.15) is 26.2 Å². The molecule has 0 radical (unpaired) electrons. The number of rotatable bonds is 11. The van der Waals surface area contributed by atoms with Gasteiger partial charge in [-0.2, -0.15) is 18.2 Å². The number of nitrogens with zero attached hydrogens (tertiary/aromatic N) is 5. The van der Waals surface area contributed by atoms with Gasteiger partial charge in [-0.05, 0) is 51.9 Å². The fourth-order valence-corrected chi connectivity index (χ4v) is 4.52. The van der Waals surface area contributed by atoms with Gasteiger partial charge < -0.3 is 34.1 Å². The van der Waals surface area contributed by atoms with E-state index in [0.717, 1.165) is 25.6 Å². The summed E-state index contributed by atoms with van der Waals surface area (Å²) in [4.78, 5) is 28.0. The van der Waals surface area contributed by atoms with Crippen molar-refractivity contribution in [3.05, 3.63) is 24.5 Å². The molecule has 2 aliphatic rings. The van der Waals surface area contributed by atoms with Gasteiger partial charge in [-0.25, -0.2) is 14.8 Å². The number of nitrogens with one attached hydrogen (secondary N) is 1. The third-order valence-electron chi connectivity index (χ3n) is 6.58. The summed E-state index contributed by atoms with van der Waals surface area (Å²) >= 11 is 0. The Labute approximate surface area is 224 Å². The van der Waals surface area contributed by atoms with Crippen molar-refractivity contribution in [1.29, 1.82) is 0 Å². The quantitative estimate of drug-likeness (QED) is 0.327. The van der Waals surface area contributed by atoms with E-state index in [-0.39, 0.29) is 25.1 Å². The van der Waals surface area contributed by atoms with Crippen LogP contribution in [0.4, 0.5) is 19.0 Å². The minimum atomic E-state index is -5.17. The zero-order chi connectivity index (χ0) is 27.8. The highest BCUT2D eigenvalue weighted by Gasteiger charge is 2.42. The fraction of sp³-hybridized carbons (Fsp3) is 0.600. The Morgan fingerprint density at radius 1 is 1.13 bits per heavy atom. The van der Waals surface area contributed by atoms with Gasteiger partial charge in [0.25, 0.3) is 11.8 Å². The van der Waals surface area contributed by atoms with E-state index in [0.29, 0.717) is 49.7 Å². The Hall–Kier alpha value is -3.39. The molecule has 1 N–H and O–H groups in total. The molecule has 1 unspecified atom stereocenters. The van der Waals surface area contributed by atoms with Crippen LogP contribution in [0.3, 0.4) is 0 Å². The summed E-state index contributed by atoms with van der Waals surface area (Å²) in [5.74, 6) is -1.93. The van der Waals surface area contributed by atoms with Gasteiger partial charge in [0.2, 0.25) is 5.88 Å². The zero-order valence-corrected chi connectivity index (χ0v) is 21.9. The van der Waals surface area contributed by atoms with E-state index < -0.39 is 18.0 Å². The van der Waals surface area contributed by atoms with Crippen LogP contribution in [0, 0.1) is 0 Å². The summed E-state index contributed by atoms with van der Waals surface area (Å²) < 4.78 is 59.8. The number of carbonyl (C=O) groups excluding carboxylic acids is 1. The number of hydrogen-bond donors (Lipinski definition) is 1. The smallest absolute Gasteiger partial charge is 0.484 e. The van der Waals surface area contributed by atoms with Gasteiger partial charge in [-0.1, -0.05) is 0 Å². The van der Waals surface area contributed by atoms with Crippen molar-refractivity contribution in [2.45, 2.75) is 44.4 Å². The highest BCUT2D eigenvalue weighted by Crippen LogP contribution is 2.30. The first-order valence-electron chi connectivity index (χ1n) is 12.9. The number of ether oxygens (including phenoxy) is 4. The van der Waals surface area contributed by atoms with E-state index in [1.54, 1.807) is 18.3 Å². The number of aromatic nitrogens is 3. The molecule has 2 saturated heterocycles. The number of alkyl halides is 3. The first-order chi connectivity index (χ1) is 18.7. The molecule has 2 aliphatic heterocycles. The van der Waals surface area contributed by atoms with Gasteiger partial charge in [0.1, 0.15) is 13.2 Å². The second-order valence-corrected chi connectivity index (χ2v) is 9.39. The van der Waals surface area contributed by atoms with Crippen molar-refractivity contribution in [2.75, 3.05) is 57.9 Å². The topological polar surface area (TPSA) is 111 Å². The molecule has 11 nitrogen and oxygen atoms in total. The fourth-order valence-electron chi connectivity index (χ4n) is 4.52. The molecule has 0 amide bonds. The standard InChI is InChI=1S/C25H33F3N6O5/c1-17-15-29-9-11-34(17)21-23(32-20(16-31-21)39-24(35)25(26,27)28)38-14-13-36-19-6-3-8-30-22(19)37-12-7-18-5-4-10-33(18)2/h3,6,8,16-18,29H,4-5,7,9-15H2,1-2H3/t17-,18?/m1/s1. The minimum absolute atomic E-state index is 0.0139. The number of hydrogen-bond acceptors (Lipinski definition) is 11. The monoisotopic (exact) mass is 554 g/mol. The first kappa shape index (κ1) is 28.6. The average Bonchev–Trinajstić information content (AvgIpc) is 3.32. The van der Waals surface area contributed by atoms with E-state index in [1.165, 1.54) is 6.42 Å². The van der Waals surface area contributed by atoms with Gasteiger partial charge >= 0.3 is 12.1 Å². The summed E-state index contributed by atoms with van der Waals surface area (Å²) in [6.07, 6.45) is 0.642. The van der Waals surface area contributed by atoms with Gasteiger partial charge in [0.15, 0.2) is 11.6 Å². The summed E-state index contributed by atoms with van der Waals surface area (Å²) in [6, 6.07) is 3.97. The molecule has 2 aromatic rings. The lowest BCUT2D eigenvalue weighted by molar-refractivity contribution is -0.190. The lowest BCUT2D eigenvalue weighted by Gasteiger charge is -2.35. The van der Waals surface area contributed by atoms with E-state index in [2.05, 4.69) is 37.0 Å². The largest absolute Gasteiger partial charge is 0.491 e. The zero-order valence-electron chi connectivity index (χ0n) is 21.9. The summed E-state index contributed by atoms with van der Waals surface area (Å²) in [7, 11) is 2.11. The van der Waals surface area contributed by atoms with Crippen LogP contribution < -0.4 is 29.2 Å². The van der Waals surface area contributed by atoms with Gasteiger partial charge in [-0.3, -0.25) is 0 Å². The maximum Gasteiger partial charge on any atom is 0.491 e. The number of carbonyl (C=O) groups is 1. The van der Waals surface area contributed by atoms with Crippen LogP contribution in [0.5, 0.6) is 23.4 Å². The number of anilines is 1. The van der Waals surface area contributed by atoms with Gasteiger partial charge in [0, 0.05) is 37.9 Å². The lowest BCUT2D eigenvalue weighted by Crippen LogP contribution is -2.50. The average molecular weight is 555 g/mol. The third-order valence-corrected chi connectivity index (χ3v) is 6.58. The molecule has 0 saturated carbocycles. The lowest BCUT2D eigenvalue weighted by atomic mass is 10.1. The molecule has 2 fully saturated rings. The van der Waals surface area contributed by atoms with Crippen LogP contribution in [-0.4, -0.2) is 97.1 Å². The third kappa shape index (κ3) is 7.82. The van der Waals surface area contributed by atoms with E-state index in [1.807, 2.05) is 11.8 Å². The molecule has 39 heavy (non-hydrogen) atoms. The van der Waals surface area contributed by atoms with Crippen molar-refractivity contribution in [3.8, 4) is 23.4 Å². The number of pyridine rings is 1. The van der Waals surface area contributed by atoms with E-state index in [4.69, 9.17) is 14.2 Å². The Balaban J connectivity index is 1.37. The summed E-state index contributed by atoms with van der Waals surface area (Å²) in [6.45, 7) is 5.55. The molecule has 0 spiro atoms. The highest BCUT2D eigenvalue weighted by atomic mass is 19.4. The van der Waals surface area contributed by atoms with E-state index in [9.17, 15) is 18.0 Å². The first-order valence-corrected chi connectivity index (χ1v) is 12.9. The molecule has 4 rings (SSSR count). The van der Waals surface area contributed by atoms with Crippen molar-refractivity contribution in [3.63, 3.8) is 0 Å². The molecular weight excluding hydrogens is 521 g/mol. The van der Waals surface area contributed by atoms with E-state index >= 15 is 0 Å². The molecule has 0 aromatic carbocycles. The number of piperazine rings is 1. The molecule has 0 aliphatic carbocycles. The Morgan fingerprint density at radius 3 is 2.67 bits per heavy atom. The molecule has 214 valence electrons. The Kier molecular flexibility index (Phi) is 9.62. The highest BCUT2D eigenvalue weighted by molar-refractivity contribution is 5.77. The van der Waals surface area contributed by atoms with Crippen LogP contribution in [0.2, 0.25) is 0 Å². The van der Waals surface area contributed by atoms with Gasteiger partial charge in [-0.15, -0.1) is 0 Å². The number of halogens is 3. The molecular formula is C25H33F3N6O5. The number of likely N-dealkylation sites (tertiary alicyclic amines) is 1. The minimum Gasteiger partial charge on any atom is -0.484 e. The molecule has 2 aromatic heterocycles. The van der Waals surface area contributed by atoms with Crippen molar-refractivity contribution in [1.82, 2.24) is 25.2 Å². The molecule has 4 heterocycles. The summed E-state index contributed by atoms with van der Waals surface area (Å²) in [5.41, 5.74) is 0. The van der Waals surface area contributed by atoms with Crippen LogP contribution in [0.25, 0.3) is 0 Å². The molecule has 2 atom stereocenters. The van der Waals surface area contributed by atoms with Crippen molar-refractivity contribution < 1.29 is 36.9 Å². The maximum absolute atomic E-state index is 12.7. The predicted molar refractivity (Wildman–Crippen MR) is 134 cm³/mol. The Morgan fingerprint density at radius 2 is 1.92 bits per heavy atom. The van der Waals surface area contributed by atoms with Crippen LogP contribution >= 0.6 is 0 Å². The predicted octanol–water partition coefficient (Wildman–Crippen LogP) is 2.46. The van der Waals surface area contributed by atoms with Crippen molar-refractivity contribution in [2.24, 2.45) is 0 Å². The molecule has 14 heteroatoms. The summed E-state index contributed by atoms with van der Waals surface area (Å²) in [5, 5.41) is 3.25. The van der Waals surface area contributed by atoms with Gasteiger partial charge in [0.05, 0.1) is 12.8 Å². The maximum atomic E-state index is 12.7. The Bertz CT molecular complexity index is 1110. The normalized spacial score (nSPS) is 20.1. The second-order valence-electron chi connectivity index (χ2n) is 9.39. The van der Waals surface area contributed by atoms with Crippen molar-refractivity contribution >= 4 is 11.8 Å². The second kappa shape index (κ2) is 13.1. The van der Waals surface area contributed by atoms with Crippen LogP contribution in [0.15, 0.2) is 24.5 Å². The SMILES string of the molecule is C[C@@H]1CNCCN1c1ncc(OC(=O)C(F)(F)F)nc1OCCOc1cccnc1OCCC1CCCN1C. The number of esters is 1.